The molecule has 1 aromatic rings. The van der Waals surface area contributed by atoms with E-state index >= 15 is 0 Å². The summed E-state index contributed by atoms with van der Waals surface area (Å²) in [5.41, 5.74) is 3.18. The van der Waals surface area contributed by atoms with Crippen molar-refractivity contribution in [3.63, 3.8) is 0 Å². The molecular weight excluding hydrogens is 230 g/mol. The van der Waals surface area contributed by atoms with Gasteiger partial charge in [0.05, 0.1) is 0 Å². The van der Waals surface area contributed by atoms with Gasteiger partial charge in [0.2, 0.25) is 0 Å². The molecule has 2 unspecified atom stereocenters. The maximum Gasteiger partial charge on any atom is 0.00683 e. The molecule has 1 aromatic carbocycles. The van der Waals surface area contributed by atoms with Crippen molar-refractivity contribution in [2.24, 2.45) is 5.92 Å². The lowest BCUT2D eigenvalue weighted by Gasteiger charge is -2.37. The standard InChI is InChI=1S/C18H25N/c1-2-13(3-1)14-4-6-15(7-5-14)18-11-8-16(18)12-19-17-9-10-17/h4-7,13,16-19H,1-3,8-12H2. The molecule has 0 heterocycles. The highest BCUT2D eigenvalue weighted by atomic mass is 14.9. The minimum absolute atomic E-state index is 0.835. The maximum atomic E-state index is 3.71. The van der Waals surface area contributed by atoms with Crippen molar-refractivity contribution in [3.8, 4) is 0 Å². The highest BCUT2D eigenvalue weighted by molar-refractivity contribution is 5.30. The largest absolute Gasteiger partial charge is 0.314 e. The first-order chi connectivity index (χ1) is 9.40. The minimum atomic E-state index is 0.835. The Morgan fingerprint density at radius 1 is 0.842 bits per heavy atom. The second kappa shape index (κ2) is 4.94. The molecular formula is C18H25N. The summed E-state index contributed by atoms with van der Waals surface area (Å²) in [6, 6.07) is 10.5. The molecule has 1 nitrogen and oxygen atoms in total. The van der Waals surface area contributed by atoms with E-state index in [2.05, 4.69) is 29.6 Å². The van der Waals surface area contributed by atoms with Crippen LogP contribution in [0.1, 0.15) is 67.9 Å². The molecule has 0 radical (unpaired) electrons. The highest BCUT2D eigenvalue weighted by Gasteiger charge is 2.33. The average Bonchev–Trinajstić information content (AvgIpc) is 3.12. The van der Waals surface area contributed by atoms with E-state index in [-0.39, 0.29) is 0 Å². The normalized spacial score (nSPS) is 30.7. The van der Waals surface area contributed by atoms with Crippen LogP contribution in [-0.4, -0.2) is 12.6 Å². The third-order valence-corrected chi connectivity index (χ3v) is 5.60. The second-order valence-electron chi connectivity index (χ2n) is 6.92. The molecule has 0 aromatic heterocycles. The predicted molar refractivity (Wildman–Crippen MR) is 79.5 cm³/mol. The summed E-state index contributed by atoms with van der Waals surface area (Å²) in [4.78, 5) is 0. The lowest BCUT2D eigenvalue weighted by Crippen LogP contribution is -2.34. The van der Waals surface area contributed by atoms with Gasteiger partial charge in [-0.2, -0.15) is 0 Å². The zero-order valence-corrected chi connectivity index (χ0v) is 11.8. The Morgan fingerprint density at radius 3 is 2.11 bits per heavy atom. The topological polar surface area (TPSA) is 12.0 Å². The van der Waals surface area contributed by atoms with E-state index in [1.807, 2.05) is 0 Å². The van der Waals surface area contributed by atoms with Crippen LogP contribution in [0.5, 0.6) is 0 Å². The van der Waals surface area contributed by atoms with Gasteiger partial charge in [0.15, 0.2) is 0 Å². The first-order valence-corrected chi connectivity index (χ1v) is 8.23. The summed E-state index contributed by atoms with van der Waals surface area (Å²) in [6.07, 6.45) is 9.91. The van der Waals surface area contributed by atoms with Crippen LogP contribution in [0.2, 0.25) is 0 Å². The highest BCUT2D eigenvalue weighted by Crippen LogP contribution is 2.43. The Morgan fingerprint density at radius 2 is 1.58 bits per heavy atom. The first kappa shape index (κ1) is 12.0. The van der Waals surface area contributed by atoms with Crippen molar-refractivity contribution in [1.82, 2.24) is 5.32 Å². The number of benzene rings is 1. The molecule has 3 aliphatic rings. The number of nitrogens with one attached hydrogen (secondary N) is 1. The van der Waals surface area contributed by atoms with E-state index in [4.69, 9.17) is 0 Å². The lowest BCUT2D eigenvalue weighted by atomic mass is 9.69. The van der Waals surface area contributed by atoms with E-state index in [0.29, 0.717) is 0 Å². The number of hydrogen-bond acceptors (Lipinski definition) is 1. The van der Waals surface area contributed by atoms with Crippen LogP contribution >= 0.6 is 0 Å². The molecule has 3 fully saturated rings. The molecule has 0 bridgehead atoms. The summed E-state index contributed by atoms with van der Waals surface area (Å²) in [7, 11) is 0. The Kier molecular flexibility index (Phi) is 3.11. The Labute approximate surface area is 116 Å². The number of hydrogen-bond donors (Lipinski definition) is 1. The van der Waals surface area contributed by atoms with Crippen molar-refractivity contribution in [2.75, 3.05) is 6.54 Å². The van der Waals surface area contributed by atoms with Crippen LogP contribution in [0, 0.1) is 5.92 Å². The van der Waals surface area contributed by atoms with Crippen molar-refractivity contribution >= 4 is 0 Å². The molecule has 4 rings (SSSR count). The molecule has 2 atom stereocenters. The SMILES string of the molecule is c1cc(C2CCC2CNC2CC2)ccc1C1CCC1. The molecule has 0 spiro atoms. The fourth-order valence-electron chi connectivity index (χ4n) is 3.61. The lowest BCUT2D eigenvalue weighted by molar-refractivity contribution is 0.245. The molecule has 1 N–H and O–H groups in total. The van der Waals surface area contributed by atoms with Crippen LogP contribution in [0.3, 0.4) is 0 Å². The summed E-state index contributed by atoms with van der Waals surface area (Å²) in [5, 5.41) is 3.71. The van der Waals surface area contributed by atoms with Gasteiger partial charge in [0.1, 0.15) is 0 Å². The van der Waals surface area contributed by atoms with Crippen LogP contribution in [0.15, 0.2) is 24.3 Å². The molecule has 3 aliphatic carbocycles. The van der Waals surface area contributed by atoms with Gasteiger partial charge >= 0.3 is 0 Å². The zero-order valence-electron chi connectivity index (χ0n) is 11.8. The van der Waals surface area contributed by atoms with Crippen molar-refractivity contribution < 1.29 is 0 Å². The van der Waals surface area contributed by atoms with Gasteiger partial charge in [0.25, 0.3) is 0 Å². The van der Waals surface area contributed by atoms with Crippen molar-refractivity contribution in [3.05, 3.63) is 35.4 Å². The second-order valence-corrected chi connectivity index (χ2v) is 6.92. The van der Waals surface area contributed by atoms with Gasteiger partial charge in [-0.15, -0.1) is 0 Å². The zero-order chi connectivity index (χ0) is 12.7. The summed E-state index contributed by atoms with van der Waals surface area (Å²) in [6.45, 7) is 1.25. The third kappa shape index (κ3) is 2.45. The molecule has 0 aliphatic heterocycles. The summed E-state index contributed by atoms with van der Waals surface area (Å²) >= 11 is 0. The smallest absolute Gasteiger partial charge is 0.00683 e. The van der Waals surface area contributed by atoms with Crippen LogP contribution in [-0.2, 0) is 0 Å². The van der Waals surface area contributed by atoms with Crippen LogP contribution in [0.4, 0.5) is 0 Å². The Balaban J connectivity index is 1.37. The van der Waals surface area contributed by atoms with E-state index in [9.17, 15) is 0 Å². The third-order valence-electron chi connectivity index (χ3n) is 5.60. The molecule has 3 saturated carbocycles. The van der Waals surface area contributed by atoms with Gasteiger partial charge in [0, 0.05) is 6.04 Å². The summed E-state index contributed by atoms with van der Waals surface area (Å²) < 4.78 is 0. The maximum absolute atomic E-state index is 3.71. The summed E-state index contributed by atoms with van der Waals surface area (Å²) in [5.74, 6) is 2.61. The van der Waals surface area contributed by atoms with Gasteiger partial charge in [-0.25, -0.2) is 0 Å². The Hall–Kier alpha value is -0.820. The van der Waals surface area contributed by atoms with Gasteiger partial charge in [-0.3, -0.25) is 0 Å². The van der Waals surface area contributed by atoms with Crippen molar-refractivity contribution in [2.45, 2.75) is 62.8 Å². The van der Waals surface area contributed by atoms with E-state index < -0.39 is 0 Å². The monoisotopic (exact) mass is 255 g/mol. The van der Waals surface area contributed by atoms with Crippen LogP contribution < -0.4 is 5.32 Å². The first-order valence-electron chi connectivity index (χ1n) is 8.23. The quantitative estimate of drug-likeness (QED) is 0.831. The van der Waals surface area contributed by atoms with E-state index in [0.717, 1.165) is 23.8 Å². The predicted octanol–water partition coefficient (Wildman–Crippen LogP) is 4.20. The Bertz CT molecular complexity index is 428. The minimum Gasteiger partial charge on any atom is -0.314 e. The fourth-order valence-corrected chi connectivity index (χ4v) is 3.61. The van der Waals surface area contributed by atoms with Crippen molar-refractivity contribution in [1.29, 1.82) is 0 Å². The molecule has 19 heavy (non-hydrogen) atoms. The fraction of sp³-hybridized carbons (Fsp3) is 0.667. The van der Waals surface area contributed by atoms with Gasteiger partial charge < -0.3 is 5.32 Å². The van der Waals surface area contributed by atoms with E-state index in [1.54, 1.807) is 11.1 Å². The molecule has 0 saturated heterocycles. The average molecular weight is 255 g/mol. The van der Waals surface area contributed by atoms with Crippen LogP contribution in [0.25, 0.3) is 0 Å². The van der Waals surface area contributed by atoms with Gasteiger partial charge in [-0.1, -0.05) is 30.7 Å². The molecule has 102 valence electrons. The van der Waals surface area contributed by atoms with E-state index in [1.165, 1.54) is 51.5 Å². The molecule has 0 amide bonds. The van der Waals surface area contributed by atoms with Gasteiger partial charge in [-0.05, 0) is 74.0 Å². The molecule has 1 heteroatoms. The number of rotatable bonds is 5.